The number of hydrogen-bond donors (Lipinski definition) is 0. The minimum absolute atomic E-state index is 0.0240. The molecule has 0 unspecified atom stereocenters. The molecule has 0 atom stereocenters. The maximum Gasteiger partial charge on any atom is 0.225 e. The summed E-state index contributed by atoms with van der Waals surface area (Å²) in [5.41, 5.74) is 0.999. The van der Waals surface area contributed by atoms with Crippen molar-refractivity contribution >= 4 is 19.7 Å². The Morgan fingerprint density at radius 1 is 0.862 bits per heavy atom. The lowest BCUT2D eigenvalue weighted by atomic mass is 10.0. The molecule has 0 aliphatic rings. The minimum Gasteiger partial charge on any atom is -0.244 e. The average molecular weight is 427 g/mol. The Hall–Kier alpha value is -3.02. The number of benzene rings is 2. The number of nitrogens with zero attached hydrogens (tertiary/aromatic N) is 2. The van der Waals surface area contributed by atoms with Crippen molar-refractivity contribution in [1.82, 2.24) is 4.98 Å². The zero-order valence-electron chi connectivity index (χ0n) is 15.8. The van der Waals surface area contributed by atoms with Crippen LogP contribution < -0.4 is 0 Å². The summed E-state index contributed by atoms with van der Waals surface area (Å²) in [5, 5.41) is 8.89. The van der Waals surface area contributed by atoms with Crippen molar-refractivity contribution < 1.29 is 16.8 Å². The van der Waals surface area contributed by atoms with Crippen LogP contribution in [0, 0.1) is 11.3 Å². The second kappa shape index (κ2) is 7.78. The Bertz CT molecular complexity index is 1290. The van der Waals surface area contributed by atoms with E-state index in [1.165, 1.54) is 36.5 Å². The first kappa shape index (κ1) is 20.7. The van der Waals surface area contributed by atoms with Crippen molar-refractivity contribution in [2.45, 2.75) is 39.5 Å². The monoisotopic (exact) mass is 426 g/mol. The van der Waals surface area contributed by atoms with Gasteiger partial charge in [0, 0.05) is 6.20 Å². The SMILES string of the molecule is CC(C)c1ccc(S(=O)(=O)c2ccc(C#N)cc2S(=O)(=O)c2ccccn2)cc1. The predicted octanol–water partition coefficient (Wildman–Crippen LogP) is 3.74. The summed E-state index contributed by atoms with van der Waals surface area (Å²) in [5.74, 6) is 0.224. The van der Waals surface area contributed by atoms with Crippen LogP contribution in [0.4, 0.5) is 0 Å². The molecule has 148 valence electrons. The smallest absolute Gasteiger partial charge is 0.225 e. The molecule has 0 saturated heterocycles. The number of aromatic nitrogens is 1. The molecule has 2 aromatic carbocycles. The van der Waals surface area contributed by atoms with Gasteiger partial charge in [-0.05, 0) is 53.9 Å². The van der Waals surface area contributed by atoms with Gasteiger partial charge in [-0.2, -0.15) is 5.26 Å². The van der Waals surface area contributed by atoms with Crippen LogP contribution in [0.15, 0.2) is 86.6 Å². The van der Waals surface area contributed by atoms with Gasteiger partial charge in [-0.25, -0.2) is 21.8 Å². The normalized spacial score (nSPS) is 11.9. The van der Waals surface area contributed by atoms with E-state index in [0.717, 1.165) is 17.7 Å². The molecule has 0 aliphatic carbocycles. The third-order valence-electron chi connectivity index (χ3n) is 4.42. The molecular weight excluding hydrogens is 408 g/mol. The maximum absolute atomic E-state index is 13.2. The van der Waals surface area contributed by atoms with Crippen LogP contribution in [0.2, 0.25) is 0 Å². The summed E-state index contributed by atoms with van der Waals surface area (Å²) < 4.78 is 52.7. The standard InChI is InChI=1S/C21H18N2O4S2/c1-15(2)17-7-9-18(10-8-17)28(24,25)19-11-6-16(14-22)13-20(19)29(26,27)21-5-3-4-12-23-21/h3-13,15H,1-2H3. The van der Waals surface area contributed by atoms with Gasteiger partial charge in [0.1, 0.15) is 0 Å². The molecule has 3 aromatic rings. The Balaban J connectivity index is 2.24. The van der Waals surface area contributed by atoms with E-state index in [9.17, 15) is 22.1 Å². The van der Waals surface area contributed by atoms with Crippen LogP contribution in [-0.4, -0.2) is 21.8 Å². The molecule has 0 fully saturated rings. The van der Waals surface area contributed by atoms with Gasteiger partial charge in [0.15, 0.2) is 5.03 Å². The molecule has 0 radical (unpaired) electrons. The number of hydrogen-bond acceptors (Lipinski definition) is 6. The molecule has 0 saturated carbocycles. The Morgan fingerprint density at radius 2 is 1.55 bits per heavy atom. The van der Waals surface area contributed by atoms with E-state index >= 15 is 0 Å². The predicted molar refractivity (Wildman–Crippen MR) is 107 cm³/mol. The van der Waals surface area contributed by atoms with E-state index in [-0.39, 0.29) is 26.3 Å². The molecule has 1 aromatic heterocycles. The van der Waals surface area contributed by atoms with Gasteiger partial charge in [0.25, 0.3) is 0 Å². The lowest BCUT2D eigenvalue weighted by Gasteiger charge is -2.12. The highest BCUT2D eigenvalue weighted by atomic mass is 32.2. The number of nitriles is 1. The van der Waals surface area contributed by atoms with Crippen LogP contribution in [0.5, 0.6) is 0 Å². The van der Waals surface area contributed by atoms with Crippen molar-refractivity contribution in [3.63, 3.8) is 0 Å². The first-order valence-corrected chi connectivity index (χ1v) is 11.7. The van der Waals surface area contributed by atoms with Gasteiger partial charge in [0.2, 0.25) is 19.7 Å². The molecule has 0 amide bonds. The zero-order valence-corrected chi connectivity index (χ0v) is 17.4. The number of sulfone groups is 2. The fourth-order valence-corrected chi connectivity index (χ4v) is 6.06. The molecule has 0 N–H and O–H groups in total. The highest BCUT2D eigenvalue weighted by Crippen LogP contribution is 2.31. The lowest BCUT2D eigenvalue weighted by Crippen LogP contribution is -2.12. The molecule has 29 heavy (non-hydrogen) atoms. The van der Waals surface area contributed by atoms with Gasteiger partial charge >= 0.3 is 0 Å². The summed E-state index contributed by atoms with van der Waals surface area (Å²) in [6.07, 6.45) is 1.31. The molecule has 1 heterocycles. The van der Waals surface area contributed by atoms with Crippen molar-refractivity contribution in [1.29, 1.82) is 5.26 Å². The molecule has 0 aliphatic heterocycles. The molecular formula is C21H18N2O4S2. The van der Waals surface area contributed by atoms with Crippen molar-refractivity contribution in [3.05, 3.63) is 78.0 Å². The fourth-order valence-electron chi connectivity index (χ4n) is 2.79. The van der Waals surface area contributed by atoms with Gasteiger partial charge in [-0.1, -0.05) is 32.0 Å². The average Bonchev–Trinajstić information content (AvgIpc) is 2.74. The quantitative estimate of drug-likeness (QED) is 0.615. The topological polar surface area (TPSA) is 105 Å². The molecule has 6 nitrogen and oxygen atoms in total. The number of rotatable bonds is 5. The van der Waals surface area contributed by atoms with E-state index in [1.807, 2.05) is 19.9 Å². The minimum atomic E-state index is -4.26. The fraction of sp³-hybridized carbons (Fsp3) is 0.143. The molecule has 3 rings (SSSR count). The Labute approximate surface area is 170 Å². The summed E-state index contributed by atoms with van der Waals surface area (Å²) in [4.78, 5) is 2.96. The van der Waals surface area contributed by atoms with E-state index in [4.69, 9.17) is 0 Å². The van der Waals surface area contributed by atoms with Crippen molar-refractivity contribution in [2.75, 3.05) is 0 Å². The molecule has 8 heteroatoms. The van der Waals surface area contributed by atoms with Gasteiger partial charge in [-0.15, -0.1) is 0 Å². The van der Waals surface area contributed by atoms with E-state index in [2.05, 4.69) is 4.98 Å². The summed E-state index contributed by atoms with van der Waals surface area (Å²) >= 11 is 0. The summed E-state index contributed by atoms with van der Waals surface area (Å²) in [6, 6.07) is 16.0. The zero-order chi connectivity index (χ0) is 21.2. The van der Waals surface area contributed by atoms with E-state index in [1.54, 1.807) is 18.2 Å². The number of pyridine rings is 1. The Kier molecular flexibility index (Phi) is 5.55. The van der Waals surface area contributed by atoms with Crippen LogP contribution in [0.1, 0.15) is 30.9 Å². The van der Waals surface area contributed by atoms with Crippen LogP contribution in [0.3, 0.4) is 0 Å². The van der Waals surface area contributed by atoms with Crippen LogP contribution in [-0.2, 0) is 19.7 Å². The summed E-state index contributed by atoms with van der Waals surface area (Å²) in [7, 11) is -8.40. The third kappa shape index (κ3) is 3.92. The van der Waals surface area contributed by atoms with Gasteiger partial charge < -0.3 is 0 Å². The van der Waals surface area contributed by atoms with Gasteiger partial charge in [0.05, 0.1) is 26.3 Å². The Morgan fingerprint density at radius 3 is 2.10 bits per heavy atom. The third-order valence-corrected chi connectivity index (χ3v) is 8.09. The van der Waals surface area contributed by atoms with E-state index in [0.29, 0.717) is 0 Å². The highest BCUT2D eigenvalue weighted by Gasteiger charge is 2.30. The lowest BCUT2D eigenvalue weighted by molar-refractivity contribution is 0.580. The first-order valence-electron chi connectivity index (χ1n) is 8.73. The molecule has 0 spiro atoms. The van der Waals surface area contributed by atoms with Gasteiger partial charge in [-0.3, -0.25) is 0 Å². The second-order valence-electron chi connectivity index (χ2n) is 6.67. The maximum atomic E-state index is 13.2. The second-order valence-corrected chi connectivity index (χ2v) is 10.5. The summed E-state index contributed by atoms with van der Waals surface area (Å²) in [6.45, 7) is 3.98. The van der Waals surface area contributed by atoms with Crippen LogP contribution >= 0.6 is 0 Å². The van der Waals surface area contributed by atoms with E-state index < -0.39 is 24.6 Å². The first-order chi connectivity index (χ1) is 13.7. The van der Waals surface area contributed by atoms with Crippen molar-refractivity contribution in [3.8, 4) is 6.07 Å². The van der Waals surface area contributed by atoms with Crippen LogP contribution in [0.25, 0.3) is 0 Å². The highest BCUT2D eigenvalue weighted by molar-refractivity contribution is 7.94. The molecule has 0 bridgehead atoms. The van der Waals surface area contributed by atoms with Crippen molar-refractivity contribution in [2.24, 2.45) is 0 Å². The largest absolute Gasteiger partial charge is 0.244 e.